The molecule has 6 heteroatoms. The van der Waals surface area contributed by atoms with Gasteiger partial charge in [0, 0.05) is 38.4 Å². The predicted molar refractivity (Wildman–Crippen MR) is 112 cm³/mol. The molecule has 0 aliphatic carbocycles. The van der Waals surface area contributed by atoms with Gasteiger partial charge in [-0.05, 0) is 42.4 Å². The van der Waals surface area contributed by atoms with Crippen molar-refractivity contribution >= 4 is 11.6 Å². The van der Waals surface area contributed by atoms with Crippen molar-refractivity contribution in [2.45, 2.75) is 12.5 Å². The van der Waals surface area contributed by atoms with Crippen LogP contribution in [0, 0.1) is 5.82 Å². The van der Waals surface area contributed by atoms with Crippen LogP contribution in [0.1, 0.15) is 17.2 Å². The van der Waals surface area contributed by atoms with Crippen molar-refractivity contribution in [1.82, 2.24) is 9.80 Å². The lowest BCUT2D eigenvalue weighted by Gasteiger charge is -2.39. The Labute approximate surface area is 171 Å². The van der Waals surface area contributed by atoms with Gasteiger partial charge in [0.25, 0.3) is 0 Å². The number of anilines is 1. The zero-order valence-electron chi connectivity index (χ0n) is 16.9. The largest absolute Gasteiger partial charge is 0.378 e. The average Bonchev–Trinajstić information content (AvgIpc) is 2.76. The monoisotopic (exact) mass is 397 g/mol. The van der Waals surface area contributed by atoms with Gasteiger partial charge in [-0.1, -0.05) is 24.3 Å². The smallest absolute Gasteiger partial charge is 0.227 e. The minimum Gasteiger partial charge on any atom is -0.378 e. The van der Waals surface area contributed by atoms with E-state index in [9.17, 15) is 9.18 Å². The van der Waals surface area contributed by atoms with Crippen molar-refractivity contribution in [2.24, 2.45) is 0 Å². The molecule has 0 bridgehead atoms. The second-order valence-corrected chi connectivity index (χ2v) is 7.83. The molecule has 0 saturated carbocycles. The van der Waals surface area contributed by atoms with Crippen LogP contribution in [-0.2, 0) is 16.0 Å². The summed E-state index contributed by atoms with van der Waals surface area (Å²) in [6.07, 6.45) is 0.406. The van der Waals surface area contributed by atoms with Gasteiger partial charge in [0.15, 0.2) is 0 Å². The standard InChI is InChI=1S/C23H28FN3O2/c1-25-10-11-27(17-22(25)19-4-6-20(24)7-5-19)23(28)16-18-2-8-21(9-3-18)26-12-14-29-15-13-26/h2-9,22H,10-17H2,1H3. The maximum atomic E-state index is 13.3. The fourth-order valence-electron chi connectivity index (χ4n) is 4.08. The molecule has 5 nitrogen and oxygen atoms in total. The van der Waals surface area contributed by atoms with E-state index in [1.165, 1.54) is 17.8 Å². The normalized spacial score (nSPS) is 20.7. The van der Waals surface area contributed by atoms with E-state index in [1.807, 2.05) is 17.0 Å². The zero-order chi connectivity index (χ0) is 20.2. The third-order valence-corrected chi connectivity index (χ3v) is 5.92. The third-order valence-electron chi connectivity index (χ3n) is 5.92. The number of nitrogens with zero attached hydrogens (tertiary/aromatic N) is 3. The highest BCUT2D eigenvalue weighted by Gasteiger charge is 2.28. The van der Waals surface area contributed by atoms with Gasteiger partial charge in [0.1, 0.15) is 5.82 Å². The van der Waals surface area contributed by atoms with Gasteiger partial charge in [-0.3, -0.25) is 9.69 Å². The summed E-state index contributed by atoms with van der Waals surface area (Å²) in [7, 11) is 2.06. The highest BCUT2D eigenvalue weighted by atomic mass is 19.1. The Balaban J connectivity index is 1.38. The number of benzene rings is 2. The number of ether oxygens (including phenoxy) is 1. The topological polar surface area (TPSA) is 36.0 Å². The number of hydrogen-bond donors (Lipinski definition) is 0. The summed E-state index contributed by atoms with van der Waals surface area (Å²) in [5.74, 6) is -0.0926. The molecule has 2 aliphatic rings. The quantitative estimate of drug-likeness (QED) is 0.795. The lowest BCUT2D eigenvalue weighted by molar-refractivity contribution is -0.133. The first-order valence-corrected chi connectivity index (χ1v) is 10.3. The molecule has 0 aromatic heterocycles. The molecule has 2 aliphatic heterocycles. The summed E-state index contributed by atoms with van der Waals surface area (Å²) in [5.41, 5.74) is 3.26. The minimum absolute atomic E-state index is 0.0944. The van der Waals surface area contributed by atoms with E-state index < -0.39 is 0 Å². The lowest BCUT2D eigenvalue weighted by atomic mass is 10.0. The molecule has 2 saturated heterocycles. The van der Waals surface area contributed by atoms with Crippen molar-refractivity contribution in [2.75, 3.05) is 57.9 Å². The van der Waals surface area contributed by atoms with Crippen molar-refractivity contribution in [3.8, 4) is 0 Å². The first kappa shape index (κ1) is 19.9. The minimum atomic E-state index is -0.235. The molecule has 29 heavy (non-hydrogen) atoms. The van der Waals surface area contributed by atoms with Crippen LogP contribution >= 0.6 is 0 Å². The second-order valence-electron chi connectivity index (χ2n) is 7.83. The maximum absolute atomic E-state index is 13.3. The summed E-state index contributed by atoms with van der Waals surface area (Å²) in [6, 6.07) is 15.0. The molecule has 1 atom stereocenters. The van der Waals surface area contributed by atoms with Gasteiger partial charge in [-0.15, -0.1) is 0 Å². The van der Waals surface area contributed by atoms with Gasteiger partial charge in [-0.25, -0.2) is 4.39 Å². The number of piperazine rings is 1. The summed E-state index contributed by atoms with van der Waals surface area (Å²) in [6.45, 7) is 5.50. The molecule has 2 aromatic rings. The van der Waals surface area contributed by atoms with E-state index in [4.69, 9.17) is 4.74 Å². The van der Waals surface area contributed by atoms with Gasteiger partial charge in [0.05, 0.1) is 25.7 Å². The number of likely N-dealkylation sites (N-methyl/N-ethyl adjacent to an activating group) is 1. The molecule has 0 N–H and O–H groups in total. The number of morpholine rings is 1. The molecule has 1 amide bonds. The SMILES string of the molecule is CN1CCN(C(=O)Cc2ccc(N3CCOCC3)cc2)CC1c1ccc(F)cc1. The Hall–Kier alpha value is -2.44. The van der Waals surface area contributed by atoms with E-state index in [-0.39, 0.29) is 17.8 Å². The Kier molecular flexibility index (Phi) is 6.11. The van der Waals surface area contributed by atoms with Crippen LogP contribution < -0.4 is 4.90 Å². The van der Waals surface area contributed by atoms with E-state index in [2.05, 4.69) is 41.1 Å². The van der Waals surface area contributed by atoms with Crippen LogP contribution in [-0.4, -0.2) is 68.7 Å². The van der Waals surface area contributed by atoms with E-state index in [1.54, 1.807) is 0 Å². The molecule has 1 unspecified atom stereocenters. The van der Waals surface area contributed by atoms with Crippen molar-refractivity contribution < 1.29 is 13.9 Å². The molecular formula is C23H28FN3O2. The Bertz CT molecular complexity index is 819. The number of hydrogen-bond acceptors (Lipinski definition) is 4. The van der Waals surface area contributed by atoms with Crippen molar-refractivity contribution in [3.05, 3.63) is 65.5 Å². The van der Waals surface area contributed by atoms with Gasteiger partial charge in [-0.2, -0.15) is 0 Å². The fraction of sp³-hybridized carbons (Fsp3) is 0.435. The number of carbonyl (C=O) groups excluding carboxylic acids is 1. The van der Waals surface area contributed by atoms with Crippen molar-refractivity contribution in [1.29, 1.82) is 0 Å². The van der Waals surface area contributed by atoms with E-state index in [0.29, 0.717) is 13.0 Å². The van der Waals surface area contributed by atoms with Gasteiger partial charge < -0.3 is 14.5 Å². The number of amides is 1. The Morgan fingerprint density at radius 2 is 1.69 bits per heavy atom. The maximum Gasteiger partial charge on any atom is 0.227 e. The summed E-state index contributed by atoms with van der Waals surface area (Å²) < 4.78 is 18.7. The molecule has 154 valence electrons. The molecule has 0 spiro atoms. The highest BCUT2D eigenvalue weighted by molar-refractivity contribution is 5.79. The van der Waals surface area contributed by atoms with E-state index >= 15 is 0 Å². The number of halogens is 1. The first-order chi connectivity index (χ1) is 14.1. The van der Waals surface area contributed by atoms with Gasteiger partial charge in [0.2, 0.25) is 5.91 Å². The van der Waals surface area contributed by atoms with Crippen LogP contribution in [0.2, 0.25) is 0 Å². The van der Waals surface area contributed by atoms with E-state index in [0.717, 1.165) is 50.5 Å². The third kappa shape index (κ3) is 4.77. The summed E-state index contributed by atoms with van der Waals surface area (Å²) in [5, 5.41) is 0. The van der Waals surface area contributed by atoms with Crippen LogP contribution in [0.5, 0.6) is 0 Å². The lowest BCUT2D eigenvalue weighted by Crippen LogP contribution is -2.49. The molecule has 4 rings (SSSR count). The van der Waals surface area contributed by atoms with Crippen molar-refractivity contribution in [3.63, 3.8) is 0 Å². The van der Waals surface area contributed by atoms with Crippen LogP contribution in [0.3, 0.4) is 0 Å². The van der Waals surface area contributed by atoms with Crippen LogP contribution in [0.15, 0.2) is 48.5 Å². The first-order valence-electron chi connectivity index (χ1n) is 10.3. The van der Waals surface area contributed by atoms with Crippen LogP contribution in [0.25, 0.3) is 0 Å². The molecule has 2 heterocycles. The predicted octanol–water partition coefficient (Wildman–Crippen LogP) is 2.72. The zero-order valence-corrected chi connectivity index (χ0v) is 16.9. The number of carbonyl (C=O) groups is 1. The highest BCUT2D eigenvalue weighted by Crippen LogP contribution is 2.25. The Morgan fingerprint density at radius 3 is 2.38 bits per heavy atom. The van der Waals surface area contributed by atoms with Crippen LogP contribution in [0.4, 0.5) is 10.1 Å². The molecule has 0 radical (unpaired) electrons. The fourth-order valence-corrected chi connectivity index (χ4v) is 4.08. The summed E-state index contributed by atoms with van der Waals surface area (Å²) in [4.78, 5) is 19.4. The molecule has 2 fully saturated rings. The van der Waals surface area contributed by atoms with Gasteiger partial charge >= 0.3 is 0 Å². The number of rotatable bonds is 4. The summed E-state index contributed by atoms with van der Waals surface area (Å²) >= 11 is 0. The molecular weight excluding hydrogens is 369 g/mol. The molecule has 2 aromatic carbocycles. The average molecular weight is 397 g/mol. The Morgan fingerprint density at radius 1 is 1.00 bits per heavy atom. The second kappa shape index (κ2) is 8.93.